The van der Waals surface area contributed by atoms with Gasteiger partial charge in [0.25, 0.3) is 5.56 Å². The lowest BCUT2D eigenvalue weighted by Crippen LogP contribution is -2.45. The summed E-state index contributed by atoms with van der Waals surface area (Å²) in [5.74, 6) is -4.57. The van der Waals surface area contributed by atoms with E-state index >= 15 is 0 Å². The zero-order valence-electron chi connectivity index (χ0n) is 18.0. The molecule has 0 aromatic carbocycles. The minimum atomic E-state index is -2.16. The number of carboxylic acid groups (broad SMARTS) is 3. The first-order valence-electron chi connectivity index (χ1n) is 9.52. The zero-order valence-corrected chi connectivity index (χ0v) is 18.0. The van der Waals surface area contributed by atoms with E-state index in [4.69, 9.17) is 15.3 Å². The number of aliphatic hydroxyl groups is 1. The highest BCUT2D eigenvalue weighted by Gasteiger charge is 2.41. The number of H-pyrrole nitrogens is 2. The second-order valence-corrected chi connectivity index (χ2v) is 7.37. The summed E-state index contributed by atoms with van der Waals surface area (Å²) in [6.07, 6.45) is 1.35. The van der Waals surface area contributed by atoms with E-state index < -0.39 is 47.6 Å². The molecule has 1 fully saturated rings. The number of fused-ring (bicyclic) bond motifs is 1. The van der Waals surface area contributed by atoms with E-state index in [0.29, 0.717) is 24.0 Å². The summed E-state index contributed by atoms with van der Waals surface area (Å²) in [7, 11) is 1.40. The lowest BCUT2D eigenvalue weighted by Gasteiger charge is -2.25. The van der Waals surface area contributed by atoms with Gasteiger partial charge in [-0.3, -0.25) is 23.9 Å². The maximum absolute atomic E-state index is 11.3. The van der Waals surface area contributed by atoms with Crippen molar-refractivity contribution in [1.82, 2.24) is 24.8 Å². The third-order valence-corrected chi connectivity index (χ3v) is 4.73. The van der Waals surface area contributed by atoms with Crippen molar-refractivity contribution >= 4 is 35.0 Å². The van der Waals surface area contributed by atoms with E-state index in [-0.39, 0.29) is 11.5 Å². The quantitative estimate of drug-likeness (QED) is 0.257. The number of aromatic amines is 2. The number of rotatable bonds is 5. The lowest BCUT2D eigenvalue weighted by molar-refractivity contribution is -0.170. The summed E-state index contributed by atoms with van der Waals surface area (Å²) in [5.41, 5.74) is -2.38. The van der Waals surface area contributed by atoms with Gasteiger partial charge in [0.05, 0.1) is 12.7 Å². The van der Waals surface area contributed by atoms with Crippen LogP contribution in [-0.2, 0) is 26.2 Å². The fourth-order valence-corrected chi connectivity index (χ4v) is 2.55. The summed E-state index contributed by atoms with van der Waals surface area (Å²) in [6, 6.07) is -0.641. The van der Waals surface area contributed by atoms with E-state index in [2.05, 4.69) is 20.3 Å². The van der Waals surface area contributed by atoms with Crippen LogP contribution in [0.1, 0.15) is 33.1 Å². The number of nitrogens with one attached hydrogen (secondary N) is 3. The number of aromatic nitrogens is 4. The largest absolute Gasteiger partial charge is 0.481 e. The molecule has 15 heteroatoms. The van der Waals surface area contributed by atoms with Crippen LogP contribution in [0.15, 0.2) is 15.9 Å². The average Bonchev–Trinajstić information content (AvgIpc) is 3.35. The van der Waals surface area contributed by atoms with Crippen LogP contribution in [0.25, 0.3) is 11.2 Å². The standard InChI is InChI=1S/C7H12O5.C6H6N4O2.C5H7NO3/c1-4(2)7(12,6(10)11)3-5(8)9;1-10-5(11)3-4(8-2-7-3)9-6(10)12;7-4-2-1-3(6-4)5(8)9/h4,12H,3H2,1-2H3,(H,8,9)(H,10,11);2H,1H3,(H,7,8)(H,9,12);3H,1-2H2,(H,6,7)(H,8,9)/t;;3-/m..0/s1. The van der Waals surface area contributed by atoms with E-state index in [1.807, 2.05) is 0 Å². The van der Waals surface area contributed by atoms with Crippen LogP contribution < -0.4 is 16.6 Å². The number of hydrogen-bond donors (Lipinski definition) is 7. The summed E-state index contributed by atoms with van der Waals surface area (Å²) >= 11 is 0. The summed E-state index contributed by atoms with van der Waals surface area (Å²) in [6.45, 7) is 2.91. The molecular formula is C18H25N5O10. The molecule has 33 heavy (non-hydrogen) atoms. The first-order valence-corrected chi connectivity index (χ1v) is 9.52. The Morgan fingerprint density at radius 2 is 1.82 bits per heavy atom. The molecular weight excluding hydrogens is 446 g/mol. The molecule has 1 aliphatic heterocycles. The van der Waals surface area contributed by atoms with Gasteiger partial charge in [0.1, 0.15) is 11.6 Å². The van der Waals surface area contributed by atoms with Gasteiger partial charge >= 0.3 is 23.6 Å². The van der Waals surface area contributed by atoms with Crippen molar-refractivity contribution in [2.75, 3.05) is 0 Å². The highest BCUT2D eigenvalue weighted by Crippen LogP contribution is 2.21. The first-order chi connectivity index (χ1) is 15.2. The molecule has 1 saturated heterocycles. The second-order valence-electron chi connectivity index (χ2n) is 7.37. The molecule has 1 unspecified atom stereocenters. The van der Waals surface area contributed by atoms with Crippen molar-refractivity contribution in [1.29, 1.82) is 0 Å². The maximum atomic E-state index is 11.3. The monoisotopic (exact) mass is 471 g/mol. The van der Waals surface area contributed by atoms with Crippen molar-refractivity contribution in [3.63, 3.8) is 0 Å². The predicted octanol–water partition coefficient (Wildman–Crippen LogP) is -1.77. The van der Waals surface area contributed by atoms with Crippen molar-refractivity contribution in [3.8, 4) is 0 Å². The van der Waals surface area contributed by atoms with Crippen molar-refractivity contribution in [2.45, 2.75) is 44.8 Å². The van der Waals surface area contributed by atoms with Gasteiger partial charge in [-0.25, -0.2) is 19.4 Å². The van der Waals surface area contributed by atoms with Crippen molar-refractivity contribution in [3.05, 3.63) is 27.2 Å². The third kappa shape index (κ3) is 6.99. The molecule has 0 saturated carbocycles. The van der Waals surface area contributed by atoms with Crippen LogP contribution >= 0.6 is 0 Å². The fourth-order valence-electron chi connectivity index (χ4n) is 2.55. The Balaban J connectivity index is 0.000000250. The molecule has 3 rings (SSSR count). The number of imidazole rings is 1. The van der Waals surface area contributed by atoms with Gasteiger partial charge in [-0.1, -0.05) is 13.8 Å². The number of nitrogens with zero attached hydrogens (tertiary/aromatic N) is 2. The minimum absolute atomic E-state index is 0.164. The highest BCUT2D eigenvalue weighted by molar-refractivity contribution is 5.87. The number of aliphatic carboxylic acids is 3. The molecule has 0 spiro atoms. The minimum Gasteiger partial charge on any atom is -0.481 e. The third-order valence-electron chi connectivity index (χ3n) is 4.73. The molecule has 1 aliphatic rings. The Morgan fingerprint density at radius 1 is 1.21 bits per heavy atom. The number of amides is 1. The van der Waals surface area contributed by atoms with Gasteiger partial charge in [-0.05, 0) is 12.3 Å². The SMILES string of the molecule is CC(C)C(O)(CC(=O)O)C(=O)O.Cn1c(=O)[nH]c2nc[nH]c2c1=O.O=C1CC[C@@H](C(=O)O)N1. The van der Waals surface area contributed by atoms with Crippen LogP contribution in [0.5, 0.6) is 0 Å². The number of carbonyl (C=O) groups excluding carboxylic acids is 1. The molecule has 3 heterocycles. The van der Waals surface area contributed by atoms with Gasteiger partial charge in [0, 0.05) is 13.5 Å². The number of carbonyl (C=O) groups is 4. The summed E-state index contributed by atoms with van der Waals surface area (Å²) in [5, 5.41) is 36.8. The van der Waals surface area contributed by atoms with E-state index in [1.165, 1.54) is 27.2 Å². The smallest absolute Gasteiger partial charge is 0.336 e. The van der Waals surface area contributed by atoms with E-state index in [1.54, 1.807) is 0 Å². The van der Waals surface area contributed by atoms with Crippen LogP contribution in [0.3, 0.4) is 0 Å². The Bertz CT molecular complexity index is 1150. The number of carboxylic acids is 3. The normalized spacial score (nSPS) is 16.6. The second kappa shape index (κ2) is 11.0. The van der Waals surface area contributed by atoms with Crippen LogP contribution in [-0.4, -0.2) is 75.4 Å². The number of hydrogen-bond acceptors (Lipinski definition) is 8. The fraction of sp³-hybridized carbons (Fsp3) is 0.500. The van der Waals surface area contributed by atoms with Crippen LogP contribution in [0.2, 0.25) is 0 Å². The first kappa shape index (κ1) is 27.0. The molecule has 0 bridgehead atoms. The zero-order chi connectivity index (χ0) is 25.5. The van der Waals surface area contributed by atoms with Crippen molar-refractivity contribution in [2.24, 2.45) is 13.0 Å². The molecule has 2 atom stereocenters. The molecule has 182 valence electrons. The Morgan fingerprint density at radius 3 is 2.18 bits per heavy atom. The lowest BCUT2D eigenvalue weighted by atomic mass is 9.87. The highest BCUT2D eigenvalue weighted by atomic mass is 16.4. The molecule has 2 aromatic rings. The van der Waals surface area contributed by atoms with Crippen LogP contribution in [0.4, 0.5) is 0 Å². The molecule has 7 N–H and O–H groups in total. The topological polar surface area (TPSA) is 245 Å². The molecule has 15 nitrogen and oxygen atoms in total. The van der Waals surface area contributed by atoms with Crippen molar-refractivity contribution < 1.29 is 39.6 Å². The van der Waals surface area contributed by atoms with E-state index in [9.17, 15) is 33.9 Å². The van der Waals surface area contributed by atoms with Crippen LogP contribution in [0, 0.1) is 5.92 Å². The Kier molecular flexibility index (Phi) is 9.03. The summed E-state index contributed by atoms with van der Waals surface area (Å²) < 4.78 is 0.987. The predicted molar refractivity (Wildman–Crippen MR) is 110 cm³/mol. The van der Waals surface area contributed by atoms with Gasteiger partial charge < -0.3 is 30.7 Å². The molecule has 0 radical (unpaired) electrons. The molecule has 0 aliphatic carbocycles. The molecule has 2 aromatic heterocycles. The molecule has 1 amide bonds. The average molecular weight is 471 g/mol. The van der Waals surface area contributed by atoms with Gasteiger partial charge in [-0.2, -0.15) is 0 Å². The Hall–Kier alpha value is -4.01. The maximum Gasteiger partial charge on any atom is 0.336 e. The summed E-state index contributed by atoms with van der Waals surface area (Å²) in [4.78, 5) is 72.3. The van der Waals surface area contributed by atoms with Gasteiger partial charge in [0.15, 0.2) is 11.2 Å². The van der Waals surface area contributed by atoms with Gasteiger partial charge in [-0.15, -0.1) is 0 Å². The Labute approximate surface area is 185 Å². The van der Waals surface area contributed by atoms with Gasteiger partial charge in [0.2, 0.25) is 5.91 Å². The van der Waals surface area contributed by atoms with E-state index in [0.717, 1.165) is 4.57 Å².